The first kappa shape index (κ1) is 16.2. The van der Waals surface area contributed by atoms with Crippen molar-refractivity contribution in [1.82, 2.24) is 16.0 Å². The van der Waals surface area contributed by atoms with Gasteiger partial charge in [0, 0.05) is 0 Å². The van der Waals surface area contributed by atoms with E-state index in [9.17, 15) is 0 Å². The van der Waals surface area contributed by atoms with Crippen LogP contribution in [0.5, 0.6) is 0 Å². The van der Waals surface area contributed by atoms with Gasteiger partial charge in [0.05, 0.1) is 0 Å². The minimum atomic E-state index is 0.184. The van der Waals surface area contributed by atoms with Gasteiger partial charge in [-0.25, -0.2) is 0 Å². The van der Waals surface area contributed by atoms with Crippen LogP contribution in [0.25, 0.3) is 0 Å². The van der Waals surface area contributed by atoms with Crippen molar-refractivity contribution in [3.05, 3.63) is 0 Å². The van der Waals surface area contributed by atoms with Crippen molar-refractivity contribution in [2.45, 2.75) is 50.9 Å². The average Bonchev–Trinajstić information content (AvgIpc) is 2.60. The van der Waals surface area contributed by atoms with Crippen LogP contribution in [0.1, 0.15) is 26.7 Å². The molecule has 3 saturated heterocycles. The van der Waals surface area contributed by atoms with Gasteiger partial charge in [-0.3, -0.25) is 0 Å². The second-order valence-corrected chi connectivity index (χ2v) is 10.6. The Hall–Kier alpha value is 1.30. The first-order valence-electron chi connectivity index (χ1n) is 7.77. The number of likely N-dealkylation sites (tertiary alicyclic amines) is 1. The van der Waals surface area contributed by atoms with Crippen LogP contribution in [0.3, 0.4) is 0 Å². The molecule has 0 radical (unpaired) electrons. The van der Waals surface area contributed by atoms with Crippen molar-refractivity contribution in [2.75, 3.05) is 37.8 Å². The molecule has 0 aliphatic carbocycles. The molecule has 3 fully saturated rings. The van der Waals surface area contributed by atoms with E-state index in [1.165, 1.54) is 43.6 Å². The Morgan fingerprint density at radius 1 is 1.00 bits per heavy atom. The summed E-state index contributed by atoms with van der Waals surface area (Å²) in [6.45, 7) is 9.88. The van der Waals surface area contributed by atoms with Crippen LogP contribution in [0, 0.1) is 0 Å². The van der Waals surface area contributed by atoms with E-state index in [4.69, 9.17) is 0 Å². The van der Waals surface area contributed by atoms with Crippen molar-refractivity contribution in [1.29, 1.82) is 0 Å². The fraction of sp³-hybridized carbons (Fsp3) is 1.00. The quantitative estimate of drug-likeness (QED) is 0.200. The van der Waals surface area contributed by atoms with E-state index in [2.05, 4.69) is 59.8 Å². The van der Waals surface area contributed by atoms with Gasteiger partial charge in [-0.1, -0.05) is 0 Å². The average molecular weight is 505 g/mol. The third-order valence-electron chi connectivity index (χ3n) is 4.96. The molecule has 118 valence electrons. The molecular formula is C14H27I2N4-. The van der Waals surface area contributed by atoms with Gasteiger partial charge in [0.25, 0.3) is 0 Å². The van der Waals surface area contributed by atoms with E-state index in [1.54, 1.807) is 0 Å². The summed E-state index contributed by atoms with van der Waals surface area (Å²) in [6, 6.07) is 3.20. The zero-order valence-corrected chi connectivity index (χ0v) is 17.1. The summed E-state index contributed by atoms with van der Waals surface area (Å²) < 4.78 is 6.75. The molecule has 20 heavy (non-hydrogen) atoms. The Labute approximate surface area is 148 Å². The molecule has 3 aliphatic heterocycles. The topological polar surface area (TPSA) is 13.0 Å². The van der Waals surface area contributed by atoms with Gasteiger partial charge in [-0.15, -0.1) is 0 Å². The van der Waals surface area contributed by atoms with Crippen LogP contribution >= 0.6 is 22.9 Å². The van der Waals surface area contributed by atoms with Crippen LogP contribution in [-0.4, -0.2) is 78.0 Å². The molecule has 0 spiro atoms. The first-order valence-corrected chi connectivity index (χ1v) is 11.2. The van der Waals surface area contributed by atoms with E-state index in [-0.39, 0.29) is 21.5 Å². The van der Waals surface area contributed by atoms with Crippen LogP contribution in [0.4, 0.5) is 0 Å². The van der Waals surface area contributed by atoms with Gasteiger partial charge < -0.3 is 0 Å². The van der Waals surface area contributed by atoms with E-state index in [0.29, 0.717) is 0 Å². The SMILES string of the molecule is C[C@@H]1CN(I)C[C@H](C)N1C[I-]N1C2CCC1CN(C)C2. The summed E-state index contributed by atoms with van der Waals surface area (Å²) in [5.41, 5.74) is 0. The molecule has 0 aromatic heterocycles. The van der Waals surface area contributed by atoms with Crippen molar-refractivity contribution in [2.24, 2.45) is 0 Å². The van der Waals surface area contributed by atoms with Gasteiger partial charge in [-0.2, -0.15) is 0 Å². The summed E-state index contributed by atoms with van der Waals surface area (Å²) in [4.78, 5) is 5.32. The molecule has 0 saturated carbocycles. The molecule has 0 aromatic rings. The van der Waals surface area contributed by atoms with Crippen LogP contribution in [-0.2, 0) is 0 Å². The van der Waals surface area contributed by atoms with Crippen LogP contribution < -0.4 is 21.5 Å². The van der Waals surface area contributed by atoms with Crippen molar-refractivity contribution < 1.29 is 21.5 Å². The summed E-state index contributed by atoms with van der Waals surface area (Å²) in [5, 5.41) is 0. The maximum absolute atomic E-state index is 2.93. The number of halogens is 2. The van der Waals surface area contributed by atoms with Crippen molar-refractivity contribution >= 4 is 22.9 Å². The van der Waals surface area contributed by atoms with E-state index in [1.807, 2.05) is 0 Å². The minimum absolute atomic E-state index is 0.184. The fourth-order valence-corrected chi connectivity index (χ4v) is 9.12. The number of fused-ring (bicyclic) bond motifs is 2. The Bertz CT molecular complexity index is 315. The van der Waals surface area contributed by atoms with Gasteiger partial charge in [-0.05, 0) is 0 Å². The zero-order chi connectivity index (χ0) is 14.3. The molecular weight excluding hydrogens is 478 g/mol. The second kappa shape index (κ2) is 6.82. The Balaban J connectivity index is 1.54. The molecule has 4 atom stereocenters. The first-order chi connectivity index (χ1) is 9.54. The normalized spacial score (nSPS) is 41.6. The summed E-state index contributed by atoms with van der Waals surface area (Å²) in [5.74, 6) is 0. The molecule has 4 nitrogen and oxygen atoms in total. The van der Waals surface area contributed by atoms with Crippen molar-refractivity contribution in [3.63, 3.8) is 0 Å². The van der Waals surface area contributed by atoms with Gasteiger partial charge in [0.2, 0.25) is 0 Å². The number of alkyl halides is 1. The molecule has 0 aromatic carbocycles. The second-order valence-electron chi connectivity index (χ2n) is 6.73. The molecule has 3 rings (SSSR count). The van der Waals surface area contributed by atoms with Crippen LogP contribution in [0.15, 0.2) is 0 Å². The Kier molecular flexibility index (Phi) is 5.51. The molecule has 0 amide bonds. The number of hydrogen-bond donors (Lipinski definition) is 0. The monoisotopic (exact) mass is 505 g/mol. The van der Waals surface area contributed by atoms with E-state index in [0.717, 1.165) is 24.2 Å². The number of piperazine rings is 2. The van der Waals surface area contributed by atoms with Crippen LogP contribution in [0.2, 0.25) is 0 Å². The standard InChI is InChI=1S/C14H27I2N4/c1-11-6-18(15)7-12(2)19(11)10-16-20-13-4-5-14(20)9-17(3)8-13/h11-14H,4-10H2,1-3H3/q-1/t11-,12+,13?,14?. The van der Waals surface area contributed by atoms with Crippen molar-refractivity contribution in [3.8, 4) is 0 Å². The van der Waals surface area contributed by atoms with Gasteiger partial charge in [0.1, 0.15) is 0 Å². The third-order valence-corrected chi connectivity index (χ3v) is 9.21. The number of nitrogens with zero attached hydrogens (tertiary/aromatic N) is 4. The molecule has 2 unspecified atom stereocenters. The summed E-state index contributed by atoms with van der Waals surface area (Å²) >= 11 is 2.67. The molecule has 3 heterocycles. The maximum atomic E-state index is 2.93. The fourth-order valence-electron chi connectivity index (χ4n) is 3.91. The summed E-state index contributed by atoms with van der Waals surface area (Å²) in [7, 11) is 2.30. The Morgan fingerprint density at radius 2 is 1.55 bits per heavy atom. The molecule has 3 aliphatic rings. The number of hydrogen-bond acceptors (Lipinski definition) is 4. The van der Waals surface area contributed by atoms with E-state index < -0.39 is 0 Å². The number of rotatable bonds is 3. The summed E-state index contributed by atoms with van der Waals surface area (Å²) in [6.07, 6.45) is 2.89. The molecule has 0 N–H and O–H groups in total. The molecule has 2 bridgehead atoms. The Morgan fingerprint density at radius 3 is 2.10 bits per heavy atom. The number of likely N-dealkylation sites (N-methyl/N-ethyl adjacent to an activating group) is 1. The third kappa shape index (κ3) is 3.45. The van der Waals surface area contributed by atoms with Gasteiger partial charge >= 0.3 is 149 Å². The predicted molar refractivity (Wildman–Crippen MR) is 87.4 cm³/mol. The zero-order valence-electron chi connectivity index (χ0n) is 12.8. The van der Waals surface area contributed by atoms with Gasteiger partial charge in [0.15, 0.2) is 0 Å². The predicted octanol–water partition coefficient (Wildman–Crippen LogP) is -1.53. The molecule has 6 heteroatoms. The van der Waals surface area contributed by atoms with E-state index >= 15 is 0 Å².